The van der Waals surface area contributed by atoms with E-state index in [1.807, 2.05) is 18.2 Å². The molecule has 0 bridgehead atoms. The molecule has 3 atom stereocenters. The van der Waals surface area contributed by atoms with Crippen LogP contribution in [0.4, 0.5) is 5.69 Å². The quantitative estimate of drug-likeness (QED) is 0.762. The van der Waals surface area contributed by atoms with E-state index in [4.69, 9.17) is 9.47 Å². The van der Waals surface area contributed by atoms with Gasteiger partial charge < -0.3 is 19.9 Å². The van der Waals surface area contributed by atoms with Crippen LogP contribution in [-0.4, -0.2) is 18.8 Å². The summed E-state index contributed by atoms with van der Waals surface area (Å²) in [6, 6.07) is 11.8. The smallest absolute Gasteiger partial charge is 0.163 e. The van der Waals surface area contributed by atoms with Crippen molar-refractivity contribution in [3.63, 3.8) is 0 Å². The number of methoxy groups -OCH3 is 1. The van der Waals surface area contributed by atoms with E-state index in [0.717, 1.165) is 23.4 Å². The van der Waals surface area contributed by atoms with Crippen LogP contribution < -0.4 is 14.8 Å². The number of hydrogen-bond acceptors (Lipinski definition) is 4. The molecule has 2 aromatic carbocycles. The van der Waals surface area contributed by atoms with Gasteiger partial charge in [0.25, 0.3) is 0 Å². The van der Waals surface area contributed by atoms with Crippen LogP contribution in [0.3, 0.4) is 0 Å². The number of para-hydroxylation sites is 1. The Labute approximate surface area is 153 Å². The van der Waals surface area contributed by atoms with Gasteiger partial charge in [-0.15, -0.1) is 0 Å². The molecule has 0 radical (unpaired) electrons. The van der Waals surface area contributed by atoms with Gasteiger partial charge in [-0.3, -0.25) is 0 Å². The van der Waals surface area contributed by atoms with Crippen molar-refractivity contribution >= 4 is 5.69 Å². The summed E-state index contributed by atoms with van der Waals surface area (Å²) in [5, 5.41) is 14.3. The fraction of sp³-hybridized carbons (Fsp3) is 0.273. The molecule has 0 saturated carbocycles. The molecule has 4 nitrogen and oxygen atoms in total. The third-order valence-electron chi connectivity index (χ3n) is 5.29. The summed E-state index contributed by atoms with van der Waals surface area (Å²) < 4.78 is 11.0. The van der Waals surface area contributed by atoms with Crippen molar-refractivity contribution in [1.82, 2.24) is 0 Å². The van der Waals surface area contributed by atoms with Crippen molar-refractivity contribution in [2.45, 2.75) is 18.4 Å². The highest BCUT2D eigenvalue weighted by atomic mass is 16.5. The average Bonchev–Trinajstić information content (AvgIpc) is 3.16. The second-order valence-corrected chi connectivity index (χ2v) is 6.72. The molecule has 0 saturated heterocycles. The Hall–Kier alpha value is -2.88. The first-order valence-corrected chi connectivity index (χ1v) is 8.89. The highest BCUT2D eigenvalue weighted by Crippen LogP contribution is 2.52. The van der Waals surface area contributed by atoms with Crippen LogP contribution >= 0.6 is 0 Å². The lowest BCUT2D eigenvalue weighted by Gasteiger charge is -2.38. The Morgan fingerprint density at radius 2 is 2.15 bits per heavy atom. The van der Waals surface area contributed by atoms with Gasteiger partial charge in [-0.25, -0.2) is 0 Å². The highest BCUT2D eigenvalue weighted by Gasteiger charge is 2.39. The molecule has 2 aliphatic rings. The number of aromatic hydroxyl groups is 1. The van der Waals surface area contributed by atoms with E-state index in [1.54, 1.807) is 19.3 Å². The molecule has 0 aromatic heterocycles. The Balaban J connectivity index is 1.73. The standard InChI is InChI=1S/C22H23NO3/c1-3-12-26-14-10-11-19-18(13-14)15-6-4-7-16(15)21(23-19)17-8-5-9-20(25-2)22(17)24/h3-6,8-11,13,15-16,21,23-24H,1,7,12H2,2H3. The average molecular weight is 349 g/mol. The Morgan fingerprint density at radius 1 is 1.27 bits per heavy atom. The molecule has 1 aliphatic carbocycles. The summed E-state index contributed by atoms with van der Waals surface area (Å²) in [6.45, 7) is 4.20. The predicted molar refractivity (Wildman–Crippen MR) is 103 cm³/mol. The first kappa shape index (κ1) is 16.6. The molecule has 0 fully saturated rings. The van der Waals surface area contributed by atoms with E-state index in [0.29, 0.717) is 24.2 Å². The molecule has 2 aromatic rings. The Bertz CT molecular complexity index is 858. The molecule has 2 N–H and O–H groups in total. The van der Waals surface area contributed by atoms with E-state index in [1.165, 1.54) is 5.56 Å². The van der Waals surface area contributed by atoms with Crippen LogP contribution in [0.2, 0.25) is 0 Å². The summed E-state index contributed by atoms with van der Waals surface area (Å²) in [5.41, 5.74) is 3.20. The van der Waals surface area contributed by atoms with Crippen LogP contribution in [0.25, 0.3) is 0 Å². The molecule has 1 heterocycles. The molecule has 4 heteroatoms. The molecule has 134 valence electrons. The van der Waals surface area contributed by atoms with Gasteiger partial charge in [-0.05, 0) is 42.2 Å². The minimum atomic E-state index is 0.0255. The third kappa shape index (κ3) is 2.71. The first-order valence-electron chi connectivity index (χ1n) is 8.89. The van der Waals surface area contributed by atoms with E-state index in [-0.39, 0.29) is 11.8 Å². The van der Waals surface area contributed by atoms with Crippen LogP contribution in [0.1, 0.15) is 29.5 Å². The van der Waals surface area contributed by atoms with Crippen LogP contribution in [0.5, 0.6) is 17.2 Å². The van der Waals surface area contributed by atoms with Gasteiger partial charge >= 0.3 is 0 Å². The lowest BCUT2D eigenvalue weighted by molar-refractivity contribution is 0.355. The zero-order valence-corrected chi connectivity index (χ0v) is 14.8. The van der Waals surface area contributed by atoms with Crippen molar-refractivity contribution < 1.29 is 14.6 Å². The van der Waals surface area contributed by atoms with Gasteiger partial charge in [0.1, 0.15) is 12.4 Å². The summed E-state index contributed by atoms with van der Waals surface area (Å²) in [7, 11) is 1.58. The Morgan fingerprint density at radius 3 is 2.96 bits per heavy atom. The monoisotopic (exact) mass is 349 g/mol. The van der Waals surface area contributed by atoms with E-state index in [2.05, 4.69) is 36.2 Å². The number of nitrogens with one attached hydrogen (secondary N) is 1. The number of phenolic OH excluding ortho intramolecular Hbond substituents is 1. The van der Waals surface area contributed by atoms with E-state index in [9.17, 15) is 5.11 Å². The fourth-order valence-corrected chi connectivity index (χ4v) is 4.08. The zero-order valence-electron chi connectivity index (χ0n) is 14.8. The van der Waals surface area contributed by atoms with Gasteiger partial charge in [0.15, 0.2) is 11.5 Å². The summed E-state index contributed by atoms with van der Waals surface area (Å²) >= 11 is 0. The highest BCUT2D eigenvalue weighted by molar-refractivity contribution is 5.63. The van der Waals surface area contributed by atoms with Gasteiger partial charge in [0.05, 0.1) is 13.2 Å². The molecular formula is C22H23NO3. The number of rotatable bonds is 5. The molecule has 1 aliphatic heterocycles. The molecule has 0 amide bonds. The number of ether oxygens (including phenoxy) is 2. The van der Waals surface area contributed by atoms with Crippen molar-refractivity contribution in [3.05, 3.63) is 72.3 Å². The summed E-state index contributed by atoms with van der Waals surface area (Å²) in [6.07, 6.45) is 7.22. The first-order chi connectivity index (χ1) is 12.7. The normalized spacial score (nSPS) is 22.9. The number of fused-ring (bicyclic) bond motifs is 3. The van der Waals surface area contributed by atoms with Crippen molar-refractivity contribution in [2.24, 2.45) is 5.92 Å². The minimum Gasteiger partial charge on any atom is -0.504 e. The number of hydrogen-bond donors (Lipinski definition) is 2. The third-order valence-corrected chi connectivity index (χ3v) is 5.29. The maximum Gasteiger partial charge on any atom is 0.163 e. The second kappa shape index (κ2) is 6.79. The van der Waals surface area contributed by atoms with Crippen LogP contribution in [0, 0.1) is 5.92 Å². The SMILES string of the molecule is C=CCOc1ccc2c(c1)C1C=CCC1C(c1cccc(OC)c1O)N2. The number of allylic oxidation sites excluding steroid dienone is 2. The molecule has 0 spiro atoms. The topological polar surface area (TPSA) is 50.7 Å². The van der Waals surface area contributed by atoms with Crippen molar-refractivity contribution in [3.8, 4) is 17.2 Å². The van der Waals surface area contributed by atoms with Gasteiger partial charge in [-0.1, -0.05) is 36.9 Å². The maximum atomic E-state index is 10.6. The lowest BCUT2D eigenvalue weighted by atomic mass is 9.76. The van der Waals surface area contributed by atoms with Crippen LogP contribution in [-0.2, 0) is 0 Å². The molecule has 26 heavy (non-hydrogen) atoms. The van der Waals surface area contributed by atoms with Crippen LogP contribution in [0.15, 0.2) is 61.2 Å². The summed E-state index contributed by atoms with van der Waals surface area (Å²) in [5.74, 6) is 2.22. The van der Waals surface area contributed by atoms with Crippen molar-refractivity contribution in [2.75, 3.05) is 19.0 Å². The largest absolute Gasteiger partial charge is 0.504 e. The summed E-state index contributed by atoms with van der Waals surface area (Å²) in [4.78, 5) is 0. The Kier molecular flexibility index (Phi) is 4.33. The zero-order chi connectivity index (χ0) is 18.1. The van der Waals surface area contributed by atoms with Gasteiger partial charge in [0, 0.05) is 17.2 Å². The maximum absolute atomic E-state index is 10.6. The second-order valence-electron chi connectivity index (χ2n) is 6.72. The number of benzene rings is 2. The van der Waals surface area contributed by atoms with Gasteiger partial charge in [0.2, 0.25) is 0 Å². The predicted octanol–water partition coefficient (Wildman–Crippen LogP) is 4.79. The molecule has 4 rings (SSSR count). The fourth-order valence-electron chi connectivity index (χ4n) is 4.08. The number of anilines is 1. The molecule has 3 unspecified atom stereocenters. The number of phenols is 1. The van der Waals surface area contributed by atoms with Gasteiger partial charge in [-0.2, -0.15) is 0 Å². The van der Waals surface area contributed by atoms with Crippen molar-refractivity contribution in [1.29, 1.82) is 0 Å². The lowest BCUT2D eigenvalue weighted by Crippen LogP contribution is -2.29. The molecular weight excluding hydrogens is 326 g/mol. The van der Waals surface area contributed by atoms with E-state index < -0.39 is 0 Å². The van der Waals surface area contributed by atoms with E-state index >= 15 is 0 Å². The minimum absolute atomic E-state index is 0.0255.